The monoisotopic (exact) mass is 302 g/mol. The van der Waals surface area contributed by atoms with Gasteiger partial charge in [-0.25, -0.2) is 4.79 Å². The molecule has 21 heavy (non-hydrogen) atoms. The SMILES string of the molecule is O=C(NC(CC(F)(F)F)C(=O)O)c1ccc2n[nH]nc2c1. The van der Waals surface area contributed by atoms with Crippen LogP contribution < -0.4 is 5.32 Å². The number of alkyl halides is 3. The molecule has 0 bridgehead atoms. The predicted octanol–water partition coefficient (Wildman–Crippen LogP) is 1.09. The minimum Gasteiger partial charge on any atom is -0.480 e. The molecule has 10 heteroatoms. The van der Waals surface area contributed by atoms with Crippen molar-refractivity contribution >= 4 is 22.9 Å². The minimum atomic E-state index is -4.70. The number of amides is 1. The molecule has 1 aromatic carbocycles. The lowest BCUT2D eigenvalue weighted by atomic mass is 10.1. The van der Waals surface area contributed by atoms with Crippen molar-refractivity contribution in [1.82, 2.24) is 20.7 Å². The normalized spacial score (nSPS) is 13.1. The van der Waals surface area contributed by atoms with Gasteiger partial charge in [0.15, 0.2) is 0 Å². The van der Waals surface area contributed by atoms with Crippen LogP contribution in [-0.4, -0.2) is 44.6 Å². The number of fused-ring (bicyclic) bond motifs is 1. The Kier molecular flexibility index (Phi) is 3.78. The molecule has 1 aromatic heterocycles. The number of halogens is 3. The number of hydrogen-bond donors (Lipinski definition) is 3. The summed E-state index contributed by atoms with van der Waals surface area (Å²) in [6.07, 6.45) is -6.35. The van der Waals surface area contributed by atoms with Crippen LogP contribution in [0.2, 0.25) is 0 Å². The maximum Gasteiger partial charge on any atom is 0.391 e. The average molecular weight is 302 g/mol. The number of rotatable bonds is 4. The molecule has 0 aliphatic rings. The van der Waals surface area contributed by atoms with Gasteiger partial charge in [-0.05, 0) is 18.2 Å². The van der Waals surface area contributed by atoms with Gasteiger partial charge in [-0.2, -0.15) is 28.6 Å². The molecular formula is C11H9F3N4O3. The standard InChI is InChI=1S/C11H9F3N4O3/c12-11(13,14)4-8(10(20)21)15-9(19)5-1-2-6-7(3-5)17-18-16-6/h1-3,8H,4H2,(H,15,19)(H,20,21)(H,16,17,18). The van der Waals surface area contributed by atoms with Gasteiger partial charge in [0.05, 0.1) is 6.42 Å². The van der Waals surface area contributed by atoms with Crippen LogP contribution in [0.3, 0.4) is 0 Å². The molecule has 1 unspecified atom stereocenters. The number of aliphatic carboxylic acids is 1. The number of H-pyrrole nitrogens is 1. The Labute approximate surface area is 115 Å². The molecule has 0 saturated heterocycles. The molecule has 3 N–H and O–H groups in total. The van der Waals surface area contributed by atoms with Crippen LogP contribution >= 0.6 is 0 Å². The molecule has 1 amide bonds. The third kappa shape index (κ3) is 3.68. The van der Waals surface area contributed by atoms with Crippen molar-refractivity contribution in [2.24, 2.45) is 0 Å². The van der Waals surface area contributed by atoms with Crippen molar-refractivity contribution in [1.29, 1.82) is 0 Å². The third-order valence-electron chi connectivity index (χ3n) is 2.62. The number of nitrogens with one attached hydrogen (secondary N) is 2. The van der Waals surface area contributed by atoms with Gasteiger partial charge in [-0.1, -0.05) is 0 Å². The number of aromatic amines is 1. The van der Waals surface area contributed by atoms with Crippen molar-refractivity contribution in [2.75, 3.05) is 0 Å². The summed E-state index contributed by atoms with van der Waals surface area (Å²) in [5.41, 5.74) is 0.798. The largest absolute Gasteiger partial charge is 0.480 e. The highest BCUT2D eigenvalue weighted by Gasteiger charge is 2.36. The predicted molar refractivity (Wildman–Crippen MR) is 63.5 cm³/mol. The fourth-order valence-corrected chi connectivity index (χ4v) is 1.65. The highest BCUT2D eigenvalue weighted by molar-refractivity contribution is 5.99. The fraction of sp³-hybridized carbons (Fsp3) is 0.273. The lowest BCUT2D eigenvalue weighted by Crippen LogP contribution is -2.43. The van der Waals surface area contributed by atoms with E-state index >= 15 is 0 Å². The molecule has 0 aliphatic carbocycles. The van der Waals surface area contributed by atoms with Crippen molar-refractivity contribution in [3.8, 4) is 0 Å². The van der Waals surface area contributed by atoms with Crippen molar-refractivity contribution in [3.63, 3.8) is 0 Å². The Morgan fingerprint density at radius 1 is 1.29 bits per heavy atom. The number of carbonyl (C=O) groups excluding carboxylic acids is 1. The van der Waals surface area contributed by atoms with Gasteiger partial charge in [0, 0.05) is 5.56 Å². The van der Waals surface area contributed by atoms with E-state index in [1.807, 2.05) is 5.32 Å². The number of nitrogens with zero attached hydrogens (tertiary/aromatic N) is 2. The number of carbonyl (C=O) groups is 2. The van der Waals surface area contributed by atoms with Gasteiger partial charge in [-0.15, -0.1) is 0 Å². The first-order valence-electron chi connectivity index (χ1n) is 5.67. The van der Waals surface area contributed by atoms with Crippen LogP contribution in [0.4, 0.5) is 13.2 Å². The van der Waals surface area contributed by atoms with Gasteiger partial charge in [0.2, 0.25) is 0 Å². The van der Waals surface area contributed by atoms with Gasteiger partial charge in [0.1, 0.15) is 17.1 Å². The molecular weight excluding hydrogens is 293 g/mol. The van der Waals surface area contributed by atoms with E-state index in [1.165, 1.54) is 18.2 Å². The second-order valence-corrected chi connectivity index (χ2v) is 4.21. The second kappa shape index (κ2) is 5.38. The zero-order chi connectivity index (χ0) is 15.6. The summed E-state index contributed by atoms with van der Waals surface area (Å²) in [6.45, 7) is 0. The first-order valence-corrected chi connectivity index (χ1v) is 5.67. The third-order valence-corrected chi connectivity index (χ3v) is 2.62. The summed E-state index contributed by atoms with van der Waals surface area (Å²) in [5, 5.41) is 20.3. The molecule has 0 spiro atoms. The summed E-state index contributed by atoms with van der Waals surface area (Å²) < 4.78 is 36.7. The van der Waals surface area contributed by atoms with Crippen LogP contribution in [0, 0.1) is 0 Å². The smallest absolute Gasteiger partial charge is 0.391 e. The highest BCUT2D eigenvalue weighted by Crippen LogP contribution is 2.22. The molecule has 0 fully saturated rings. The average Bonchev–Trinajstić information content (AvgIpc) is 2.83. The Morgan fingerprint density at radius 2 is 1.95 bits per heavy atom. The highest BCUT2D eigenvalue weighted by atomic mass is 19.4. The summed E-state index contributed by atoms with van der Waals surface area (Å²) >= 11 is 0. The van der Waals surface area contributed by atoms with Crippen LogP contribution in [-0.2, 0) is 4.79 Å². The topological polar surface area (TPSA) is 108 Å². The number of carboxylic acid groups (broad SMARTS) is 1. The van der Waals surface area contributed by atoms with Crippen LogP contribution in [0.25, 0.3) is 11.0 Å². The summed E-state index contributed by atoms with van der Waals surface area (Å²) in [6, 6.07) is 1.99. The second-order valence-electron chi connectivity index (χ2n) is 4.21. The molecule has 1 atom stereocenters. The number of benzene rings is 1. The minimum absolute atomic E-state index is 0.00942. The maximum atomic E-state index is 12.2. The Balaban J connectivity index is 2.16. The Morgan fingerprint density at radius 3 is 2.57 bits per heavy atom. The van der Waals surface area contributed by atoms with Crippen LogP contribution in [0.15, 0.2) is 18.2 Å². The lowest BCUT2D eigenvalue weighted by Gasteiger charge is -2.16. The molecule has 2 rings (SSSR count). The van der Waals surface area contributed by atoms with E-state index in [2.05, 4.69) is 15.4 Å². The zero-order valence-electron chi connectivity index (χ0n) is 10.3. The molecule has 7 nitrogen and oxygen atoms in total. The Bertz CT molecular complexity index is 683. The maximum absolute atomic E-state index is 12.2. The van der Waals surface area contributed by atoms with Crippen molar-refractivity contribution in [2.45, 2.75) is 18.6 Å². The quantitative estimate of drug-likeness (QED) is 0.783. The number of aromatic nitrogens is 3. The van der Waals surface area contributed by atoms with E-state index in [4.69, 9.17) is 5.11 Å². The first-order chi connectivity index (χ1) is 9.76. The van der Waals surface area contributed by atoms with E-state index in [1.54, 1.807) is 0 Å². The van der Waals surface area contributed by atoms with E-state index in [0.29, 0.717) is 11.0 Å². The molecule has 0 aliphatic heterocycles. The van der Waals surface area contributed by atoms with Crippen LogP contribution in [0.5, 0.6) is 0 Å². The van der Waals surface area contributed by atoms with E-state index < -0.39 is 30.5 Å². The van der Waals surface area contributed by atoms with E-state index in [9.17, 15) is 22.8 Å². The summed E-state index contributed by atoms with van der Waals surface area (Å²) in [5.74, 6) is -2.69. The van der Waals surface area contributed by atoms with Gasteiger partial charge in [0.25, 0.3) is 5.91 Å². The van der Waals surface area contributed by atoms with E-state index in [0.717, 1.165) is 0 Å². The fourth-order valence-electron chi connectivity index (χ4n) is 1.65. The number of hydrogen-bond acceptors (Lipinski definition) is 4. The Hall–Kier alpha value is -2.65. The molecule has 2 aromatic rings. The molecule has 1 heterocycles. The van der Waals surface area contributed by atoms with Crippen LogP contribution in [0.1, 0.15) is 16.8 Å². The van der Waals surface area contributed by atoms with Gasteiger partial charge in [-0.3, -0.25) is 4.79 Å². The lowest BCUT2D eigenvalue weighted by molar-refractivity contribution is -0.157. The van der Waals surface area contributed by atoms with Crippen molar-refractivity contribution < 1.29 is 27.9 Å². The number of carboxylic acids is 1. The van der Waals surface area contributed by atoms with Gasteiger partial charge < -0.3 is 10.4 Å². The molecule has 0 saturated carbocycles. The van der Waals surface area contributed by atoms with Crippen molar-refractivity contribution in [3.05, 3.63) is 23.8 Å². The zero-order valence-corrected chi connectivity index (χ0v) is 10.3. The summed E-state index contributed by atoms with van der Waals surface area (Å²) in [7, 11) is 0. The molecule has 0 radical (unpaired) electrons. The molecule has 112 valence electrons. The first kappa shape index (κ1) is 14.8. The van der Waals surface area contributed by atoms with Gasteiger partial charge >= 0.3 is 12.1 Å². The van der Waals surface area contributed by atoms with E-state index in [-0.39, 0.29) is 5.56 Å². The summed E-state index contributed by atoms with van der Waals surface area (Å²) in [4.78, 5) is 22.6.